The van der Waals surface area contributed by atoms with Gasteiger partial charge >= 0.3 is 5.69 Å². The molecule has 0 aliphatic heterocycles. The van der Waals surface area contributed by atoms with Crippen molar-refractivity contribution in [1.82, 2.24) is 13.7 Å². The highest BCUT2D eigenvalue weighted by Crippen LogP contribution is 2.23. The molecule has 2 heterocycles. The van der Waals surface area contributed by atoms with Crippen molar-refractivity contribution in [3.05, 3.63) is 84.4 Å². The summed E-state index contributed by atoms with van der Waals surface area (Å²) in [4.78, 5) is 38.0. The molecule has 7 nitrogen and oxygen atoms in total. The third-order valence-corrected chi connectivity index (χ3v) is 5.29. The number of benzene rings is 1. The first kappa shape index (κ1) is 20.6. The van der Waals surface area contributed by atoms with Crippen LogP contribution in [0.3, 0.4) is 0 Å². The summed E-state index contributed by atoms with van der Waals surface area (Å²) in [5.41, 5.74) is 1.37. The summed E-state index contributed by atoms with van der Waals surface area (Å²) >= 11 is 3.45. The summed E-state index contributed by atoms with van der Waals surface area (Å²) in [7, 11) is 0. The first-order valence-electron chi connectivity index (χ1n) is 9.01. The fraction of sp³-hybridized carbons (Fsp3) is 0.238. The molecular weight excluding hydrogens is 436 g/mol. The molecule has 148 valence electrons. The van der Waals surface area contributed by atoms with Gasteiger partial charge in [-0.3, -0.25) is 18.7 Å². The summed E-state index contributed by atoms with van der Waals surface area (Å²) < 4.78 is 4.93. The zero-order valence-corrected chi connectivity index (χ0v) is 17.9. The lowest BCUT2D eigenvalue weighted by Crippen LogP contribution is -2.42. The summed E-state index contributed by atoms with van der Waals surface area (Å²) in [6.07, 6.45) is 1.23. The highest BCUT2D eigenvalue weighted by Gasteiger charge is 2.20. The Labute approximate surface area is 175 Å². The maximum atomic E-state index is 13.0. The van der Waals surface area contributed by atoms with Crippen molar-refractivity contribution in [2.75, 3.05) is 0 Å². The molecule has 0 aliphatic carbocycles. The number of nitrogens with zero attached hydrogens (tertiary/aromatic N) is 4. The van der Waals surface area contributed by atoms with Crippen LogP contribution in [0.25, 0.3) is 5.69 Å². The number of hydrogen-bond donors (Lipinski definition) is 0. The molecule has 0 unspecified atom stereocenters. The van der Waals surface area contributed by atoms with Gasteiger partial charge < -0.3 is 4.57 Å². The molecule has 29 heavy (non-hydrogen) atoms. The van der Waals surface area contributed by atoms with Crippen LogP contribution >= 0.6 is 15.9 Å². The minimum absolute atomic E-state index is 0.168. The monoisotopic (exact) mass is 454 g/mol. The van der Waals surface area contributed by atoms with Crippen molar-refractivity contribution in [3.63, 3.8) is 0 Å². The lowest BCUT2D eigenvalue weighted by Gasteiger charge is -2.11. The molecule has 0 fully saturated rings. The summed E-state index contributed by atoms with van der Waals surface area (Å²) in [6, 6.07) is 11.2. The molecule has 0 N–H and O–H groups in total. The zero-order chi connectivity index (χ0) is 21.3. The Morgan fingerprint density at radius 3 is 2.55 bits per heavy atom. The summed E-state index contributed by atoms with van der Waals surface area (Å²) in [5.74, 6) is -0.365. The smallest absolute Gasteiger partial charge is 0.318 e. The fourth-order valence-corrected chi connectivity index (χ4v) is 3.77. The van der Waals surface area contributed by atoms with Gasteiger partial charge in [0.05, 0.1) is 6.54 Å². The Morgan fingerprint density at radius 2 is 1.93 bits per heavy atom. The van der Waals surface area contributed by atoms with Crippen molar-refractivity contribution in [2.24, 2.45) is 0 Å². The number of carbonyl (C=O) groups excluding carboxylic acids is 1. The normalized spacial score (nSPS) is 10.7. The quantitative estimate of drug-likeness (QED) is 0.554. The Bertz CT molecular complexity index is 1270. The maximum Gasteiger partial charge on any atom is 0.331 e. The molecular formula is C21H19BrN4O3. The number of ketones is 1. The first-order valence-corrected chi connectivity index (χ1v) is 9.80. The zero-order valence-electron chi connectivity index (χ0n) is 16.3. The minimum atomic E-state index is -0.753. The number of nitriles is 1. The molecule has 0 saturated carbocycles. The molecule has 0 amide bonds. The molecule has 0 spiro atoms. The number of aromatic nitrogens is 3. The summed E-state index contributed by atoms with van der Waals surface area (Å²) in [5, 5.41) is 9.17. The van der Waals surface area contributed by atoms with E-state index in [0.29, 0.717) is 17.8 Å². The molecule has 0 atom stereocenters. The molecule has 0 aliphatic rings. The Hall–Kier alpha value is -3.18. The second kappa shape index (κ2) is 8.05. The van der Waals surface area contributed by atoms with Gasteiger partial charge in [0.25, 0.3) is 5.56 Å². The minimum Gasteiger partial charge on any atom is -0.318 e. The number of carbonyl (C=O) groups is 1. The van der Waals surface area contributed by atoms with Gasteiger partial charge in [0, 0.05) is 39.9 Å². The third kappa shape index (κ3) is 3.74. The van der Waals surface area contributed by atoms with Crippen LogP contribution in [0.4, 0.5) is 0 Å². The number of hydrogen-bond acceptors (Lipinski definition) is 4. The van der Waals surface area contributed by atoms with Gasteiger partial charge in [-0.25, -0.2) is 4.79 Å². The highest BCUT2D eigenvalue weighted by molar-refractivity contribution is 9.10. The molecule has 1 aromatic carbocycles. The number of Topliss-reactive ketones (excluding diaryl/α,β-unsaturated/α-hetero) is 1. The Balaban J connectivity index is 2.06. The van der Waals surface area contributed by atoms with Crippen molar-refractivity contribution in [1.29, 1.82) is 5.26 Å². The molecule has 3 aromatic rings. The van der Waals surface area contributed by atoms with Crippen LogP contribution in [0.15, 0.2) is 50.6 Å². The van der Waals surface area contributed by atoms with Gasteiger partial charge in [0.2, 0.25) is 0 Å². The molecule has 0 saturated heterocycles. The van der Waals surface area contributed by atoms with Crippen LogP contribution in [0, 0.1) is 25.2 Å². The largest absolute Gasteiger partial charge is 0.331 e. The van der Waals surface area contributed by atoms with Crippen molar-refractivity contribution < 1.29 is 4.79 Å². The third-order valence-electron chi connectivity index (χ3n) is 4.80. The van der Waals surface area contributed by atoms with Crippen LogP contribution in [-0.4, -0.2) is 19.5 Å². The molecule has 0 bridgehead atoms. The van der Waals surface area contributed by atoms with Gasteiger partial charge in [0.15, 0.2) is 5.78 Å². The summed E-state index contributed by atoms with van der Waals surface area (Å²) in [6.45, 7) is 5.30. The maximum absolute atomic E-state index is 13.0. The molecule has 0 radical (unpaired) electrons. The Morgan fingerprint density at radius 1 is 1.21 bits per heavy atom. The highest BCUT2D eigenvalue weighted by atomic mass is 79.9. The molecule has 2 aromatic heterocycles. The van der Waals surface area contributed by atoms with Gasteiger partial charge in [-0.05, 0) is 45.0 Å². The lowest BCUT2D eigenvalue weighted by atomic mass is 10.1. The van der Waals surface area contributed by atoms with Crippen molar-refractivity contribution in [3.8, 4) is 11.8 Å². The fourth-order valence-electron chi connectivity index (χ4n) is 3.38. The predicted octanol–water partition coefficient (Wildman–Crippen LogP) is 2.95. The second-order valence-corrected chi connectivity index (χ2v) is 7.55. The Kier molecular flexibility index (Phi) is 5.71. The SMILES string of the molecule is CCn1cc(C#N)c(=O)n(CC(=O)c2cc(C)n(-c3cccc(Br)c3)c2C)c1=O. The van der Waals surface area contributed by atoms with Crippen LogP contribution in [0.5, 0.6) is 0 Å². The van der Waals surface area contributed by atoms with E-state index in [9.17, 15) is 14.4 Å². The van der Waals surface area contributed by atoms with Crippen LogP contribution < -0.4 is 11.2 Å². The second-order valence-electron chi connectivity index (χ2n) is 6.64. The molecule has 3 rings (SSSR count). The average molecular weight is 455 g/mol. The van der Waals surface area contributed by atoms with E-state index in [1.807, 2.05) is 42.7 Å². The van der Waals surface area contributed by atoms with E-state index >= 15 is 0 Å². The van der Waals surface area contributed by atoms with E-state index in [4.69, 9.17) is 5.26 Å². The molecule has 8 heteroatoms. The van der Waals surface area contributed by atoms with Gasteiger partial charge in [-0.2, -0.15) is 5.26 Å². The first-order chi connectivity index (χ1) is 13.8. The van der Waals surface area contributed by atoms with Crippen LogP contribution in [0.1, 0.15) is 34.2 Å². The lowest BCUT2D eigenvalue weighted by molar-refractivity contribution is 0.0968. The van der Waals surface area contributed by atoms with Crippen LogP contribution in [0.2, 0.25) is 0 Å². The van der Waals surface area contributed by atoms with Gasteiger partial charge in [0.1, 0.15) is 11.6 Å². The van der Waals surface area contributed by atoms with Crippen molar-refractivity contribution >= 4 is 21.7 Å². The van der Waals surface area contributed by atoms with Crippen molar-refractivity contribution in [2.45, 2.75) is 33.9 Å². The van der Waals surface area contributed by atoms with Gasteiger partial charge in [-0.1, -0.05) is 22.0 Å². The van der Waals surface area contributed by atoms with E-state index in [1.165, 1.54) is 10.8 Å². The predicted molar refractivity (Wildman–Crippen MR) is 113 cm³/mol. The van der Waals surface area contributed by atoms with E-state index in [1.54, 1.807) is 19.1 Å². The number of rotatable bonds is 5. The van der Waals surface area contributed by atoms with E-state index < -0.39 is 17.8 Å². The van der Waals surface area contributed by atoms with E-state index in [0.717, 1.165) is 20.4 Å². The number of aryl methyl sites for hydroxylation is 2. The topological polar surface area (TPSA) is 89.8 Å². The average Bonchev–Trinajstić information content (AvgIpc) is 2.99. The standard InChI is InChI=1S/C21H19BrN4O3/c1-4-24-11-15(10-23)20(28)25(21(24)29)12-19(27)18-8-13(2)26(14(18)3)17-7-5-6-16(22)9-17/h5-9,11H,4,12H2,1-3H3. The van der Waals surface area contributed by atoms with Crippen LogP contribution in [-0.2, 0) is 13.1 Å². The van der Waals surface area contributed by atoms with Gasteiger partial charge in [-0.15, -0.1) is 0 Å². The van der Waals surface area contributed by atoms with E-state index in [-0.39, 0.29) is 11.3 Å². The van der Waals surface area contributed by atoms with E-state index in [2.05, 4.69) is 15.9 Å². The number of halogens is 1.